The SMILES string of the molecule is COc1cccc(CN2C(=O)c3cc(Br)ccc3C23CCC(O)C3O)c1. The molecule has 2 aromatic rings. The lowest BCUT2D eigenvalue weighted by Crippen LogP contribution is -2.50. The number of methoxy groups -OCH3 is 1. The Morgan fingerprint density at radius 3 is 2.77 bits per heavy atom. The summed E-state index contributed by atoms with van der Waals surface area (Å²) in [5, 5.41) is 21.1. The van der Waals surface area contributed by atoms with Crippen LogP contribution in [0.15, 0.2) is 46.9 Å². The van der Waals surface area contributed by atoms with Crippen LogP contribution in [-0.4, -0.2) is 40.3 Å². The molecule has 1 aliphatic carbocycles. The molecule has 0 saturated heterocycles. The first-order chi connectivity index (χ1) is 12.5. The van der Waals surface area contributed by atoms with Crippen molar-refractivity contribution in [3.05, 3.63) is 63.6 Å². The molecule has 136 valence electrons. The quantitative estimate of drug-likeness (QED) is 0.805. The van der Waals surface area contributed by atoms with E-state index in [0.29, 0.717) is 24.9 Å². The molecule has 1 aliphatic heterocycles. The summed E-state index contributed by atoms with van der Waals surface area (Å²) >= 11 is 3.42. The van der Waals surface area contributed by atoms with E-state index in [0.717, 1.165) is 21.3 Å². The highest BCUT2D eigenvalue weighted by molar-refractivity contribution is 9.10. The molecule has 2 aliphatic rings. The first-order valence-electron chi connectivity index (χ1n) is 8.58. The monoisotopic (exact) mass is 417 g/mol. The maximum atomic E-state index is 13.2. The number of hydrogen-bond donors (Lipinski definition) is 2. The summed E-state index contributed by atoms with van der Waals surface area (Å²) < 4.78 is 6.10. The Bertz CT molecular complexity index is 871. The van der Waals surface area contributed by atoms with Gasteiger partial charge in [0.2, 0.25) is 0 Å². The van der Waals surface area contributed by atoms with Gasteiger partial charge in [-0.3, -0.25) is 4.79 Å². The number of ether oxygens (including phenoxy) is 1. The first kappa shape index (κ1) is 17.5. The van der Waals surface area contributed by atoms with Gasteiger partial charge in [-0.15, -0.1) is 0 Å². The van der Waals surface area contributed by atoms with E-state index in [4.69, 9.17) is 4.74 Å². The van der Waals surface area contributed by atoms with E-state index < -0.39 is 17.7 Å². The second-order valence-corrected chi connectivity index (χ2v) is 7.82. The second-order valence-electron chi connectivity index (χ2n) is 6.91. The maximum absolute atomic E-state index is 13.2. The van der Waals surface area contributed by atoms with Crippen molar-refractivity contribution in [3.8, 4) is 5.75 Å². The van der Waals surface area contributed by atoms with Crippen LogP contribution in [0, 0.1) is 0 Å². The van der Waals surface area contributed by atoms with Crippen molar-refractivity contribution in [1.82, 2.24) is 4.90 Å². The Morgan fingerprint density at radius 1 is 1.27 bits per heavy atom. The zero-order chi connectivity index (χ0) is 18.5. The molecule has 1 heterocycles. The number of aliphatic hydroxyl groups is 2. The molecule has 0 bridgehead atoms. The fourth-order valence-corrected chi connectivity index (χ4v) is 4.65. The largest absolute Gasteiger partial charge is 0.497 e. The van der Waals surface area contributed by atoms with Gasteiger partial charge in [0.15, 0.2) is 0 Å². The molecular formula is C20H20BrNO4. The standard InChI is InChI=1S/C20H20BrNO4/c1-26-14-4-2-3-12(9-14)11-22-19(25)15-10-13(21)5-6-16(15)20(22)8-7-17(23)18(20)24/h2-6,9-10,17-18,23-24H,7-8,11H2,1H3. The van der Waals surface area contributed by atoms with Crippen LogP contribution < -0.4 is 4.74 Å². The number of aliphatic hydroxyl groups excluding tert-OH is 2. The van der Waals surface area contributed by atoms with Crippen LogP contribution >= 0.6 is 15.9 Å². The van der Waals surface area contributed by atoms with Gasteiger partial charge >= 0.3 is 0 Å². The fourth-order valence-electron chi connectivity index (χ4n) is 4.29. The Hall–Kier alpha value is -1.89. The van der Waals surface area contributed by atoms with Crippen LogP contribution in [0.25, 0.3) is 0 Å². The van der Waals surface area contributed by atoms with Crippen molar-refractivity contribution in [2.24, 2.45) is 0 Å². The number of rotatable bonds is 3. The summed E-state index contributed by atoms with van der Waals surface area (Å²) in [6, 6.07) is 13.1. The van der Waals surface area contributed by atoms with Crippen LogP contribution in [-0.2, 0) is 12.1 Å². The van der Waals surface area contributed by atoms with Gasteiger partial charge in [0, 0.05) is 16.6 Å². The van der Waals surface area contributed by atoms with Crippen molar-refractivity contribution < 1.29 is 19.7 Å². The fraction of sp³-hybridized carbons (Fsp3) is 0.350. The molecule has 0 radical (unpaired) electrons. The molecule has 1 amide bonds. The molecule has 26 heavy (non-hydrogen) atoms. The Morgan fingerprint density at radius 2 is 2.08 bits per heavy atom. The lowest BCUT2D eigenvalue weighted by molar-refractivity contribution is -0.0436. The smallest absolute Gasteiger partial charge is 0.255 e. The molecule has 5 nitrogen and oxygen atoms in total. The minimum Gasteiger partial charge on any atom is -0.497 e. The third-order valence-corrected chi connectivity index (χ3v) is 6.05. The predicted octanol–water partition coefficient (Wildman–Crippen LogP) is 2.82. The van der Waals surface area contributed by atoms with E-state index in [-0.39, 0.29) is 5.91 Å². The second kappa shape index (κ2) is 6.37. The van der Waals surface area contributed by atoms with Crippen molar-refractivity contribution in [3.63, 3.8) is 0 Å². The summed E-state index contributed by atoms with van der Waals surface area (Å²) in [5.74, 6) is 0.590. The first-order valence-corrected chi connectivity index (χ1v) is 9.38. The van der Waals surface area contributed by atoms with Crippen molar-refractivity contribution in [2.75, 3.05) is 7.11 Å². The molecule has 1 spiro atoms. The zero-order valence-electron chi connectivity index (χ0n) is 14.4. The molecule has 3 unspecified atom stereocenters. The van der Waals surface area contributed by atoms with Crippen LogP contribution in [0.3, 0.4) is 0 Å². The van der Waals surface area contributed by atoms with Gasteiger partial charge in [-0.2, -0.15) is 0 Å². The lowest BCUT2D eigenvalue weighted by Gasteiger charge is -2.39. The van der Waals surface area contributed by atoms with Gasteiger partial charge in [-0.05, 0) is 48.2 Å². The minimum atomic E-state index is -1.01. The van der Waals surface area contributed by atoms with Gasteiger partial charge in [-0.1, -0.05) is 34.1 Å². The predicted molar refractivity (Wildman–Crippen MR) is 99.9 cm³/mol. The zero-order valence-corrected chi connectivity index (χ0v) is 15.9. The third kappa shape index (κ3) is 2.47. The molecule has 3 atom stereocenters. The highest BCUT2D eigenvalue weighted by Crippen LogP contribution is 2.51. The molecule has 4 rings (SSSR count). The highest BCUT2D eigenvalue weighted by Gasteiger charge is 2.59. The number of halogens is 1. The van der Waals surface area contributed by atoms with E-state index >= 15 is 0 Å². The summed E-state index contributed by atoms with van der Waals surface area (Å²) in [7, 11) is 1.60. The number of hydrogen-bond acceptors (Lipinski definition) is 4. The van der Waals surface area contributed by atoms with E-state index in [9.17, 15) is 15.0 Å². The number of carbonyl (C=O) groups excluding carboxylic acids is 1. The van der Waals surface area contributed by atoms with E-state index in [2.05, 4.69) is 15.9 Å². The van der Waals surface area contributed by atoms with Crippen LogP contribution in [0.5, 0.6) is 5.75 Å². The third-order valence-electron chi connectivity index (χ3n) is 5.56. The van der Waals surface area contributed by atoms with E-state index in [1.54, 1.807) is 18.1 Å². The van der Waals surface area contributed by atoms with Gasteiger partial charge in [0.05, 0.1) is 18.8 Å². The number of amides is 1. The molecular weight excluding hydrogens is 398 g/mol. The maximum Gasteiger partial charge on any atom is 0.255 e. The van der Waals surface area contributed by atoms with Crippen molar-refractivity contribution in [2.45, 2.75) is 37.1 Å². The number of carbonyl (C=O) groups is 1. The molecule has 2 N–H and O–H groups in total. The number of nitrogens with zero attached hydrogens (tertiary/aromatic N) is 1. The van der Waals surface area contributed by atoms with Crippen LogP contribution in [0.1, 0.15) is 34.3 Å². The Kier molecular flexibility index (Phi) is 4.29. The van der Waals surface area contributed by atoms with Gasteiger partial charge in [0.1, 0.15) is 11.9 Å². The normalized spacial score (nSPS) is 27.2. The average molecular weight is 418 g/mol. The number of benzene rings is 2. The lowest BCUT2D eigenvalue weighted by atomic mass is 9.85. The molecule has 0 aromatic heterocycles. The topological polar surface area (TPSA) is 70.0 Å². The summed E-state index contributed by atoms with van der Waals surface area (Å²) in [5.41, 5.74) is 1.39. The van der Waals surface area contributed by atoms with Gasteiger partial charge in [0.25, 0.3) is 5.91 Å². The van der Waals surface area contributed by atoms with E-state index in [1.165, 1.54) is 0 Å². The average Bonchev–Trinajstić information content (AvgIpc) is 3.06. The Balaban J connectivity index is 1.81. The van der Waals surface area contributed by atoms with Crippen LogP contribution in [0.2, 0.25) is 0 Å². The summed E-state index contributed by atoms with van der Waals surface area (Å²) in [6.45, 7) is 0.339. The highest BCUT2D eigenvalue weighted by atomic mass is 79.9. The van der Waals surface area contributed by atoms with Crippen molar-refractivity contribution >= 4 is 21.8 Å². The minimum absolute atomic E-state index is 0.128. The van der Waals surface area contributed by atoms with Crippen LogP contribution in [0.4, 0.5) is 0 Å². The summed E-state index contributed by atoms with van der Waals surface area (Å²) in [6.07, 6.45) is -0.872. The molecule has 2 aromatic carbocycles. The number of fused-ring (bicyclic) bond motifs is 2. The summed E-state index contributed by atoms with van der Waals surface area (Å²) in [4.78, 5) is 14.9. The van der Waals surface area contributed by atoms with Gasteiger partial charge < -0.3 is 19.8 Å². The molecule has 1 fully saturated rings. The Labute approximate surface area is 160 Å². The molecule has 6 heteroatoms. The van der Waals surface area contributed by atoms with E-state index in [1.807, 2.05) is 36.4 Å². The van der Waals surface area contributed by atoms with Crippen molar-refractivity contribution in [1.29, 1.82) is 0 Å². The van der Waals surface area contributed by atoms with Gasteiger partial charge in [-0.25, -0.2) is 0 Å². The molecule has 1 saturated carbocycles.